The van der Waals surface area contributed by atoms with Gasteiger partial charge in [-0.05, 0) is 49.4 Å². The average Bonchev–Trinajstić information content (AvgIpc) is 3.13. The van der Waals surface area contributed by atoms with Gasteiger partial charge in [-0.1, -0.05) is 30.3 Å². The molecule has 2 aromatic rings. The molecule has 0 radical (unpaired) electrons. The average molecular weight is 407 g/mol. The van der Waals surface area contributed by atoms with Crippen LogP contribution in [-0.4, -0.2) is 31.3 Å². The molecule has 0 N–H and O–H groups in total. The highest BCUT2D eigenvalue weighted by Crippen LogP contribution is 2.43. The molecule has 0 spiro atoms. The lowest BCUT2D eigenvalue weighted by Crippen LogP contribution is -2.30. The fraction of sp³-hybridized carbons (Fsp3) is 0.350. The molecule has 1 aliphatic carbocycles. The predicted molar refractivity (Wildman–Crippen MR) is 98.5 cm³/mol. The van der Waals surface area contributed by atoms with E-state index in [-0.39, 0.29) is 11.3 Å². The van der Waals surface area contributed by atoms with Crippen LogP contribution in [0.15, 0.2) is 48.5 Å². The number of hydrogen-bond donors (Lipinski definition) is 0. The van der Waals surface area contributed by atoms with Crippen molar-refractivity contribution in [2.24, 2.45) is 0 Å². The Morgan fingerprint density at radius 1 is 1.11 bits per heavy atom. The van der Waals surface area contributed by atoms with Crippen LogP contribution < -0.4 is 4.74 Å². The van der Waals surface area contributed by atoms with Crippen molar-refractivity contribution >= 4 is 16.1 Å². The third-order valence-corrected chi connectivity index (χ3v) is 5.42. The zero-order valence-electron chi connectivity index (χ0n) is 15.1. The van der Waals surface area contributed by atoms with Gasteiger partial charge in [-0.2, -0.15) is 0 Å². The van der Waals surface area contributed by atoms with Crippen molar-refractivity contribution in [2.75, 3.05) is 12.4 Å². The SMILES string of the molecule is O=C(OCCS(=O)(=O)[O-])c1ccc(F)c(OC2(c3ccccc3)CCCC2)c1. The second-order valence-corrected chi connectivity index (χ2v) is 8.24. The zero-order chi connectivity index (χ0) is 20.2. The van der Waals surface area contributed by atoms with Gasteiger partial charge in [-0.15, -0.1) is 0 Å². The summed E-state index contributed by atoms with van der Waals surface area (Å²) < 4.78 is 57.1. The van der Waals surface area contributed by atoms with E-state index < -0.39 is 39.9 Å². The van der Waals surface area contributed by atoms with E-state index in [1.165, 1.54) is 12.1 Å². The third kappa shape index (κ3) is 4.88. The summed E-state index contributed by atoms with van der Waals surface area (Å²) in [6.07, 6.45) is 3.35. The van der Waals surface area contributed by atoms with Crippen LogP contribution in [-0.2, 0) is 20.5 Å². The van der Waals surface area contributed by atoms with Crippen molar-refractivity contribution < 1.29 is 31.6 Å². The molecule has 0 atom stereocenters. The number of benzene rings is 2. The van der Waals surface area contributed by atoms with Crippen molar-refractivity contribution in [1.82, 2.24) is 0 Å². The molecule has 1 fully saturated rings. The van der Waals surface area contributed by atoms with Crippen molar-refractivity contribution in [2.45, 2.75) is 31.3 Å². The molecule has 0 heterocycles. The topological polar surface area (TPSA) is 92.7 Å². The molecule has 0 aliphatic heterocycles. The minimum atomic E-state index is -4.48. The van der Waals surface area contributed by atoms with Crippen LogP contribution in [0.25, 0.3) is 0 Å². The van der Waals surface area contributed by atoms with E-state index >= 15 is 0 Å². The second kappa shape index (κ2) is 8.28. The van der Waals surface area contributed by atoms with Crippen LogP contribution in [0.5, 0.6) is 5.75 Å². The molecular formula is C20H20FO6S-. The van der Waals surface area contributed by atoms with Gasteiger partial charge >= 0.3 is 5.97 Å². The lowest BCUT2D eigenvalue weighted by Gasteiger charge is -2.31. The monoisotopic (exact) mass is 407 g/mol. The highest BCUT2D eigenvalue weighted by atomic mass is 32.2. The molecule has 0 unspecified atom stereocenters. The first kappa shape index (κ1) is 20.3. The molecule has 28 heavy (non-hydrogen) atoms. The standard InChI is InChI=1S/C20H21FO6S/c21-17-9-8-15(19(22)26-12-13-28(23,24)25)14-18(17)27-20(10-4-5-11-20)16-6-2-1-3-7-16/h1-3,6-9,14H,4-5,10-13H2,(H,23,24,25)/p-1. The smallest absolute Gasteiger partial charge is 0.338 e. The van der Waals surface area contributed by atoms with E-state index in [1.807, 2.05) is 30.3 Å². The molecular weight excluding hydrogens is 387 g/mol. The normalized spacial score (nSPS) is 15.9. The maximum Gasteiger partial charge on any atom is 0.338 e. The van der Waals surface area contributed by atoms with E-state index in [4.69, 9.17) is 9.47 Å². The van der Waals surface area contributed by atoms with Crippen molar-refractivity contribution in [1.29, 1.82) is 0 Å². The lowest BCUT2D eigenvalue weighted by molar-refractivity contribution is 0.0520. The van der Waals surface area contributed by atoms with Gasteiger partial charge in [0.05, 0.1) is 21.4 Å². The quantitative estimate of drug-likeness (QED) is 0.516. The Balaban J connectivity index is 1.80. The summed E-state index contributed by atoms with van der Waals surface area (Å²) in [5, 5.41) is 0. The van der Waals surface area contributed by atoms with Crippen molar-refractivity contribution in [3.8, 4) is 5.75 Å². The zero-order valence-corrected chi connectivity index (χ0v) is 15.9. The summed E-state index contributed by atoms with van der Waals surface area (Å²) in [7, 11) is -4.48. The number of carbonyl (C=O) groups is 1. The van der Waals surface area contributed by atoms with Gasteiger partial charge in [-0.3, -0.25) is 0 Å². The Bertz CT molecular complexity index is 936. The molecule has 0 saturated heterocycles. The molecule has 150 valence electrons. The molecule has 8 heteroatoms. The summed E-state index contributed by atoms with van der Waals surface area (Å²) in [5.74, 6) is -2.35. The number of rotatable bonds is 7. The fourth-order valence-electron chi connectivity index (χ4n) is 3.38. The minimum Gasteiger partial charge on any atom is -0.748 e. The first-order valence-corrected chi connectivity index (χ1v) is 10.5. The summed E-state index contributed by atoms with van der Waals surface area (Å²) in [6, 6.07) is 13.1. The second-order valence-electron chi connectivity index (χ2n) is 6.71. The van der Waals surface area contributed by atoms with Crippen LogP contribution in [0.4, 0.5) is 4.39 Å². The summed E-state index contributed by atoms with van der Waals surface area (Å²) in [6.45, 7) is -0.563. The lowest BCUT2D eigenvalue weighted by atomic mass is 9.92. The number of ether oxygens (including phenoxy) is 2. The Labute approximate surface area is 163 Å². The Hall–Kier alpha value is -2.45. The molecule has 2 aromatic carbocycles. The van der Waals surface area contributed by atoms with Gasteiger partial charge in [0, 0.05) is 0 Å². The van der Waals surface area contributed by atoms with E-state index in [9.17, 15) is 22.2 Å². The third-order valence-electron chi connectivity index (χ3n) is 4.75. The largest absolute Gasteiger partial charge is 0.748 e. The van der Waals surface area contributed by atoms with Crippen LogP contribution in [0.2, 0.25) is 0 Å². The Kier molecular flexibility index (Phi) is 6.00. The summed E-state index contributed by atoms with van der Waals surface area (Å²) in [4.78, 5) is 12.1. The molecule has 1 saturated carbocycles. The number of esters is 1. The number of halogens is 1. The fourth-order valence-corrected chi connectivity index (χ4v) is 3.66. The van der Waals surface area contributed by atoms with E-state index in [2.05, 4.69) is 0 Å². The van der Waals surface area contributed by atoms with E-state index in [0.717, 1.165) is 37.3 Å². The molecule has 3 rings (SSSR count). The summed E-state index contributed by atoms with van der Waals surface area (Å²) >= 11 is 0. The highest BCUT2D eigenvalue weighted by molar-refractivity contribution is 7.85. The number of carbonyl (C=O) groups excluding carboxylic acids is 1. The summed E-state index contributed by atoms with van der Waals surface area (Å²) in [5.41, 5.74) is 0.294. The molecule has 1 aliphatic rings. The molecule has 0 amide bonds. The van der Waals surface area contributed by atoms with Crippen LogP contribution in [0.1, 0.15) is 41.6 Å². The predicted octanol–water partition coefficient (Wildman–Crippen LogP) is 3.38. The van der Waals surface area contributed by atoms with Gasteiger partial charge in [0.15, 0.2) is 11.6 Å². The van der Waals surface area contributed by atoms with Gasteiger partial charge in [-0.25, -0.2) is 17.6 Å². The maximum atomic E-state index is 14.4. The first-order valence-electron chi connectivity index (χ1n) is 8.94. The number of hydrogen-bond acceptors (Lipinski definition) is 6. The molecule has 0 aromatic heterocycles. The van der Waals surface area contributed by atoms with Crippen LogP contribution in [0, 0.1) is 5.82 Å². The van der Waals surface area contributed by atoms with Gasteiger partial charge in [0.1, 0.15) is 12.2 Å². The van der Waals surface area contributed by atoms with Crippen molar-refractivity contribution in [3.63, 3.8) is 0 Å². The Morgan fingerprint density at radius 3 is 2.43 bits per heavy atom. The Morgan fingerprint density at radius 2 is 1.79 bits per heavy atom. The van der Waals surface area contributed by atoms with E-state index in [1.54, 1.807) is 0 Å². The van der Waals surface area contributed by atoms with Gasteiger partial charge in [0.2, 0.25) is 0 Å². The van der Waals surface area contributed by atoms with Crippen LogP contribution in [0.3, 0.4) is 0 Å². The molecule has 0 bridgehead atoms. The van der Waals surface area contributed by atoms with E-state index in [0.29, 0.717) is 0 Å². The van der Waals surface area contributed by atoms with Crippen LogP contribution >= 0.6 is 0 Å². The van der Waals surface area contributed by atoms with Gasteiger partial charge < -0.3 is 14.0 Å². The maximum absolute atomic E-state index is 14.4. The first-order chi connectivity index (χ1) is 13.3. The van der Waals surface area contributed by atoms with Crippen molar-refractivity contribution in [3.05, 3.63) is 65.5 Å². The van der Waals surface area contributed by atoms with Gasteiger partial charge in [0.25, 0.3) is 0 Å². The molecule has 6 nitrogen and oxygen atoms in total. The minimum absolute atomic E-state index is 0.0147. The highest BCUT2D eigenvalue weighted by Gasteiger charge is 2.38.